The highest BCUT2D eigenvalue weighted by atomic mass is 35.5. The second-order valence-electron chi connectivity index (χ2n) is 4.81. The maximum Gasteiger partial charge on any atom is 0.268 e. The van der Waals surface area contributed by atoms with E-state index in [1.54, 1.807) is 49.4 Å². The third-order valence-corrected chi connectivity index (χ3v) is 3.70. The molecule has 1 heterocycles. The lowest BCUT2D eigenvalue weighted by Crippen LogP contribution is -2.35. The number of anilines is 1. The van der Waals surface area contributed by atoms with Gasteiger partial charge >= 0.3 is 0 Å². The van der Waals surface area contributed by atoms with Gasteiger partial charge in [0, 0.05) is 5.02 Å². The molecule has 0 saturated heterocycles. The smallest absolute Gasteiger partial charge is 0.268 e. The summed E-state index contributed by atoms with van der Waals surface area (Å²) in [5.41, 5.74) is 1.71. The van der Waals surface area contributed by atoms with E-state index in [2.05, 4.69) is 15.6 Å². The zero-order chi connectivity index (χ0) is 16.4. The first kappa shape index (κ1) is 15.6. The van der Waals surface area contributed by atoms with E-state index < -0.39 is 6.10 Å². The van der Waals surface area contributed by atoms with Gasteiger partial charge in [0.2, 0.25) is 6.10 Å². The Morgan fingerprint density at radius 1 is 1.26 bits per heavy atom. The molecule has 1 amide bonds. The van der Waals surface area contributed by atoms with Crippen molar-refractivity contribution in [3.05, 3.63) is 52.5 Å². The van der Waals surface area contributed by atoms with Gasteiger partial charge in [0.05, 0.1) is 10.7 Å². The van der Waals surface area contributed by atoms with E-state index in [0.717, 1.165) is 0 Å². The van der Waals surface area contributed by atoms with Crippen LogP contribution in [0.2, 0.25) is 10.0 Å². The van der Waals surface area contributed by atoms with Gasteiger partial charge in [-0.25, -0.2) is 0 Å². The number of carbonyl (C=O) groups is 1. The SMILES string of the molecule is CC(On1nnc2ccc(Cl)cc21)C(=O)Nc1ccccc1Cl. The lowest BCUT2D eigenvalue weighted by molar-refractivity contribution is -0.127. The van der Waals surface area contributed by atoms with Crippen LogP contribution < -0.4 is 10.2 Å². The predicted molar refractivity (Wildman–Crippen MR) is 88.7 cm³/mol. The molecule has 118 valence electrons. The van der Waals surface area contributed by atoms with Gasteiger partial charge in [-0.3, -0.25) is 4.79 Å². The largest absolute Gasteiger partial charge is 0.382 e. The molecule has 0 aliphatic carbocycles. The summed E-state index contributed by atoms with van der Waals surface area (Å²) in [6, 6.07) is 12.0. The first-order valence-corrected chi connectivity index (χ1v) is 7.53. The molecule has 1 atom stereocenters. The molecule has 0 fully saturated rings. The van der Waals surface area contributed by atoms with Gasteiger partial charge in [0.15, 0.2) is 0 Å². The molecule has 2 aromatic carbocycles. The summed E-state index contributed by atoms with van der Waals surface area (Å²) in [7, 11) is 0. The molecule has 23 heavy (non-hydrogen) atoms. The number of halogens is 2. The highest BCUT2D eigenvalue weighted by molar-refractivity contribution is 6.33. The standard InChI is InChI=1S/C15H12Cl2N4O2/c1-9(15(22)18-12-5-3-2-4-11(12)17)23-21-14-8-10(16)6-7-13(14)19-20-21/h2-9H,1H3,(H,18,22). The van der Waals surface area contributed by atoms with Crippen LogP contribution in [0.1, 0.15) is 6.92 Å². The molecule has 3 aromatic rings. The lowest BCUT2D eigenvalue weighted by Gasteiger charge is -2.14. The average Bonchev–Trinajstić information content (AvgIpc) is 2.91. The maximum atomic E-state index is 12.2. The number of carbonyl (C=O) groups excluding carboxylic acids is 1. The van der Waals surface area contributed by atoms with Crippen LogP contribution in [0.15, 0.2) is 42.5 Å². The summed E-state index contributed by atoms with van der Waals surface area (Å²) >= 11 is 12.0. The van der Waals surface area contributed by atoms with Crippen LogP contribution in [0, 0.1) is 0 Å². The molecule has 0 aliphatic rings. The van der Waals surface area contributed by atoms with E-state index in [1.807, 2.05) is 0 Å². The number of fused-ring (bicyclic) bond motifs is 1. The Morgan fingerprint density at radius 3 is 2.83 bits per heavy atom. The van der Waals surface area contributed by atoms with Crippen molar-refractivity contribution in [2.24, 2.45) is 0 Å². The summed E-state index contributed by atoms with van der Waals surface area (Å²) in [6.45, 7) is 1.60. The van der Waals surface area contributed by atoms with Gasteiger partial charge < -0.3 is 10.2 Å². The Hall–Kier alpha value is -2.31. The molecule has 3 rings (SSSR count). The van der Waals surface area contributed by atoms with Crippen molar-refractivity contribution < 1.29 is 9.63 Å². The Kier molecular flexibility index (Phi) is 4.36. The molecule has 1 N–H and O–H groups in total. The fourth-order valence-electron chi connectivity index (χ4n) is 1.94. The fraction of sp³-hybridized carbons (Fsp3) is 0.133. The van der Waals surface area contributed by atoms with E-state index in [9.17, 15) is 4.79 Å². The van der Waals surface area contributed by atoms with Crippen LogP contribution in [0.3, 0.4) is 0 Å². The molecule has 6 nitrogen and oxygen atoms in total. The maximum absolute atomic E-state index is 12.2. The zero-order valence-corrected chi connectivity index (χ0v) is 13.5. The van der Waals surface area contributed by atoms with Gasteiger partial charge in [-0.1, -0.05) is 40.2 Å². The van der Waals surface area contributed by atoms with Gasteiger partial charge in [-0.2, -0.15) is 0 Å². The second-order valence-corrected chi connectivity index (χ2v) is 5.66. The van der Waals surface area contributed by atoms with Crippen LogP contribution in [-0.4, -0.2) is 27.2 Å². The third kappa shape index (κ3) is 3.38. The monoisotopic (exact) mass is 350 g/mol. The number of amides is 1. The van der Waals surface area contributed by atoms with Crippen molar-refractivity contribution in [2.75, 3.05) is 5.32 Å². The molecular formula is C15H12Cl2N4O2. The van der Waals surface area contributed by atoms with E-state index in [-0.39, 0.29) is 5.91 Å². The van der Waals surface area contributed by atoms with Crippen molar-refractivity contribution >= 4 is 45.8 Å². The number of para-hydroxylation sites is 1. The average molecular weight is 351 g/mol. The quantitative estimate of drug-likeness (QED) is 0.784. The summed E-state index contributed by atoms with van der Waals surface area (Å²) in [5.74, 6) is -0.358. The van der Waals surface area contributed by atoms with Crippen LogP contribution in [-0.2, 0) is 4.79 Å². The highest BCUT2D eigenvalue weighted by Gasteiger charge is 2.18. The van der Waals surface area contributed by atoms with Crippen molar-refractivity contribution in [2.45, 2.75) is 13.0 Å². The normalized spacial score (nSPS) is 12.1. The van der Waals surface area contributed by atoms with E-state index in [0.29, 0.717) is 26.8 Å². The van der Waals surface area contributed by atoms with Crippen LogP contribution in [0.4, 0.5) is 5.69 Å². The van der Waals surface area contributed by atoms with Gasteiger partial charge in [0.25, 0.3) is 5.91 Å². The minimum atomic E-state index is -0.810. The Morgan fingerprint density at radius 2 is 2.04 bits per heavy atom. The molecule has 0 radical (unpaired) electrons. The highest BCUT2D eigenvalue weighted by Crippen LogP contribution is 2.21. The van der Waals surface area contributed by atoms with Crippen LogP contribution >= 0.6 is 23.2 Å². The number of aromatic nitrogens is 3. The van der Waals surface area contributed by atoms with E-state index in [1.165, 1.54) is 4.85 Å². The Balaban J connectivity index is 1.75. The first-order valence-electron chi connectivity index (χ1n) is 6.78. The molecule has 1 unspecified atom stereocenters. The number of benzene rings is 2. The number of nitrogens with one attached hydrogen (secondary N) is 1. The predicted octanol–water partition coefficient (Wildman–Crippen LogP) is 3.19. The van der Waals surface area contributed by atoms with Crippen LogP contribution in [0.25, 0.3) is 11.0 Å². The van der Waals surface area contributed by atoms with Crippen LogP contribution in [0.5, 0.6) is 0 Å². The minimum Gasteiger partial charge on any atom is -0.382 e. The van der Waals surface area contributed by atoms with Gasteiger partial charge in [-0.15, -0.1) is 5.10 Å². The summed E-state index contributed by atoms with van der Waals surface area (Å²) in [5, 5.41) is 11.5. The number of rotatable bonds is 4. The Bertz CT molecular complexity index is 866. The fourth-order valence-corrected chi connectivity index (χ4v) is 2.29. The molecule has 1 aromatic heterocycles. The molecule has 0 saturated carbocycles. The molecule has 0 spiro atoms. The first-order chi connectivity index (χ1) is 11.0. The summed E-state index contributed by atoms with van der Waals surface area (Å²) in [6.07, 6.45) is -0.810. The van der Waals surface area contributed by atoms with Gasteiger partial charge in [0.1, 0.15) is 11.0 Å². The lowest BCUT2D eigenvalue weighted by atomic mass is 10.3. The molecule has 0 aliphatic heterocycles. The second kappa shape index (κ2) is 6.44. The Labute approximate surface area is 141 Å². The van der Waals surface area contributed by atoms with E-state index >= 15 is 0 Å². The van der Waals surface area contributed by atoms with Gasteiger partial charge in [-0.05, 0) is 42.5 Å². The zero-order valence-electron chi connectivity index (χ0n) is 12.0. The molecule has 0 bridgehead atoms. The summed E-state index contributed by atoms with van der Waals surface area (Å²) in [4.78, 5) is 18.9. The number of nitrogens with zero attached hydrogens (tertiary/aromatic N) is 3. The third-order valence-electron chi connectivity index (χ3n) is 3.14. The molecular weight excluding hydrogens is 339 g/mol. The van der Waals surface area contributed by atoms with Crippen molar-refractivity contribution in [3.63, 3.8) is 0 Å². The van der Waals surface area contributed by atoms with Crippen molar-refractivity contribution in [3.8, 4) is 0 Å². The summed E-state index contributed by atoms with van der Waals surface area (Å²) < 4.78 is 0. The number of hydrogen-bond acceptors (Lipinski definition) is 4. The molecule has 8 heteroatoms. The minimum absolute atomic E-state index is 0.358. The number of hydrogen-bond donors (Lipinski definition) is 1. The van der Waals surface area contributed by atoms with E-state index in [4.69, 9.17) is 28.0 Å². The van der Waals surface area contributed by atoms with Crippen molar-refractivity contribution in [1.29, 1.82) is 0 Å². The van der Waals surface area contributed by atoms with Crippen molar-refractivity contribution in [1.82, 2.24) is 15.2 Å². The topological polar surface area (TPSA) is 69.0 Å².